The largest absolute Gasteiger partial charge is 0.344 e. The molecule has 1 aliphatic rings. The SMILES string of the molecule is CC1(C)O[C@@H](CPc2ccccc2)[C@H](CP(c2ccccc2)c2ccccc2)O1.Cc1ccccc1. The Morgan fingerprint density at radius 3 is 1.56 bits per heavy atom. The van der Waals surface area contributed by atoms with Crippen LogP contribution in [0.1, 0.15) is 19.4 Å². The van der Waals surface area contributed by atoms with Crippen LogP contribution < -0.4 is 15.9 Å². The van der Waals surface area contributed by atoms with Crippen LogP contribution in [0.3, 0.4) is 0 Å². The Labute approximate surface area is 219 Å². The lowest BCUT2D eigenvalue weighted by Gasteiger charge is -2.25. The molecule has 0 spiro atoms. The summed E-state index contributed by atoms with van der Waals surface area (Å²) < 4.78 is 12.8. The molecule has 4 aromatic rings. The van der Waals surface area contributed by atoms with Crippen molar-refractivity contribution in [2.24, 2.45) is 0 Å². The molecule has 1 fully saturated rings. The summed E-state index contributed by atoms with van der Waals surface area (Å²) in [6.07, 6.45) is 2.22. The molecule has 3 atom stereocenters. The molecule has 36 heavy (non-hydrogen) atoms. The van der Waals surface area contributed by atoms with Crippen LogP contribution in [-0.4, -0.2) is 30.3 Å². The van der Waals surface area contributed by atoms with E-state index in [-0.39, 0.29) is 12.2 Å². The van der Waals surface area contributed by atoms with Crippen molar-refractivity contribution in [2.75, 3.05) is 12.3 Å². The van der Waals surface area contributed by atoms with E-state index in [1.165, 1.54) is 21.5 Å². The van der Waals surface area contributed by atoms with E-state index in [2.05, 4.69) is 110 Å². The first-order chi connectivity index (χ1) is 17.5. The minimum Gasteiger partial charge on any atom is -0.344 e. The third-order valence-corrected chi connectivity index (χ3v) is 9.92. The average molecular weight is 515 g/mol. The van der Waals surface area contributed by atoms with E-state index in [0.717, 1.165) is 20.9 Å². The van der Waals surface area contributed by atoms with Crippen LogP contribution in [0.15, 0.2) is 121 Å². The Bertz CT molecular complexity index is 1110. The number of hydrogen-bond donors (Lipinski definition) is 0. The zero-order valence-corrected chi connectivity index (χ0v) is 23.3. The Hall–Kier alpha value is -2.34. The van der Waals surface area contributed by atoms with Gasteiger partial charge >= 0.3 is 0 Å². The fourth-order valence-corrected chi connectivity index (χ4v) is 7.97. The molecule has 2 nitrogen and oxygen atoms in total. The molecule has 1 aliphatic heterocycles. The second-order valence-corrected chi connectivity index (χ2v) is 13.0. The summed E-state index contributed by atoms with van der Waals surface area (Å²) in [5.41, 5.74) is 1.32. The van der Waals surface area contributed by atoms with Gasteiger partial charge in [0.15, 0.2) is 5.79 Å². The van der Waals surface area contributed by atoms with Gasteiger partial charge in [-0.15, -0.1) is 0 Å². The average Bonchev–Trinajstić information content (AvgIpc) is 3.21. The molecule has 5 rings (SSSR count). The van der Waals surface area contributed by atoms with Gasteiger partial charge in [0.2, 0.25) is 0 Å². The van der Waals surface area contributed by atoms with Gasteiger partial charge in [0.05, 0.1) is 12.2 Å². The zero-order chi connectivity index (χ0) is 25.2. The van der Waals surface area contributed by atoms with Crippen LogP contribution in [0, 0.1) is 6.92 Å². The topological polar surface area (TPSA) is 18.5 Å². The van der Waals surface area contributed by atoms with Crippen LogP contribution in [-0.2, 0) is 9.47 Å². The van der Waals surface area contributed by atoms with Gasteiger partial charge in [0, 0.05) is 6.16 Å². The van der Waals surface area contributed by atoms with Crippen LogP contribution in [0.5, 0.6) is 0 Å². The standard InChI is InChI=1S/C25H28O2P2.C7H8/c1-25(2)26-23(18-28-20-12-6-3-7-13-20)24(27-25)19-29(21-14-8-4-9-15-21)22-16-10-5-11-17-22;1-7-5-3-2-4-6-7/h3-17,23-24,28H,18-19H2,1-2H3;2-6H,1H3/t23-,24-;/m0./s1. The Morgan fingerprint density at radius 1 is 0.639 bits per heavy atom. The Balaban J connectivity index is 0.000000375. The number of ether oxygens (including phenoxy) is 2. The van der Waals surface area contributed by atoms with Crippen LogP contribution in [0.2, 0.25) is 0 Å². The van der Waals surface area contributed by atoms with Gasteiger partial charge in [0.1, 0.15) is 0 Å². The number of hydrogen-bond acceptors (Lipinski definition) is 2. The second kappa shape index (κ2) is 13.3. The summed E-state index contributed by atoms with van der Waals surface area (Å²) in [5.74, 6) is -0.523. The van der Waals surface area contributed by atoms with E-state index in [0.29, 0.717) is 0 Å². The van der Waals surface area contributed by atoms with Gasteiger partial charge in [0.25, 0.3) is 0 Å². The van der Waals surface area contributed by atoms with Crippen LogP contribution in [0.25, 0.3) is 0 Å². The molecule has 0 amide bonds. The first kappa shape index (κ1) is 26.7. The quantitative estimate of drug-likeness (QED) is 0.258. The molecule has 1 saturated heterocycles. The maximum Gasteiger partial charge on any atom is 0.163 e. The van der Waals surface area contributed by atoms with Crippen molar-refractivity contribution in [3.05, 3.63) is 127 Å². The Kier molecular flexibility index (Phi) is 9.85. The predicted octanol–water partition coefficient (Wildman–Crippen LogP) is 6.64. The van der Waals surface area contributed by atoms with Gasteiger partial charge in [-0.25, -0.2) is 0 Å². The fraction of sp³-hybridized carbons (Fsp3) is 0.250. The molecule has 0 radical (unpaired) electrons. The van der Waals surface area contributed by atoms with Crippen molar-refractivity contribution in [3.63, 3.8) is 0 Å². The normalized spacial score (nSPS) is 18.8. The molecule has 4 aromatic carbocycles. The molecule has 0 bridgehead atoms. The summed E-state index contributed by atoms with van der Waals surface area (Å²) in [6.45, 7) is 6.16. The number of aryl methyl sites for hydroxylation is 1. The van der Waals surface area contributed by atoms with E-state index in [1.54, 1.807) is 0 Å². The van der Waals surface area contributed by atoms with Crippen LogP contribution in [0.4, 0.5) is 0 Å². The fourth-order valence-electron chi connectivity index (χ4n) is 4.30. The highest BCUT2D eigenvalue weighted by atomic mass is 31.1. The maximum absolute atomic E-state index is 6.42. The predicted molar refractivity (Wildman–Crippen MR) is 158 cm³/mol. The lowest BCUT2D eigenvalue weighted by atomic mass is 10.2. The maximum atomic E-state index is 6.42. The van der Waals surface area contributed by atoms with Crippen molar-refractivity contribution in [2.45, 2.75) is 38.8 Å². The van der Waals surface area contributed by atoms with Gasteiger partial charge in [-0.2, -0.15) is 0 Å². The Morgan fingerprint density at radius 2 is 1.08 bits per heavy atom. The summed E-state index contributed by atoms with van der Waals surface area (Å²) in [7, 11) is 0.235. The smallest absolute Gasteiger partial charge is 0.163 e. The summed E-state index contributed by atoms with van der Waals surface area (Å²) in [6, 6.07) is 42.7. The zero-order valence-electron chi connectivity index (χ0n) is 21.4. The van der Waals surface area contributed by atoms with Gasteiger partial charge in [-0.3, -0.25) is 0 Å². The van der Waals surface area contributed by atoms with E-state index >= 15 is 0 Å². The molecular formula is C32H36O2P2. The van der Waals surface area contributed by atoms with E-state index in [1.807, 2.05) is 32.0 Å². The van der Waals surface area contributed by atoms with Crippen molar-refractivity contribution in [1.29, 1.82) is 0 Å². The monoisotopic (exact) mass is 514 g/mol. The van der Waals surface area contributed by atoms with Gasteiger partial charge < -0.3 is 9.47 Å². The number of benzene rings is 4. The molecule has 0 aromatic heterocycles. The molecule has 186 valence electrons. The van der Waals surface area contributed by atoms with Crippen molar-refractivity contribution in [1.82, 2.24) is 0 Å². The second-order valence-electron chi connectivity index (χ2n) is 9.40. The lowest BCUT2D eigenvalue weighted by molar-refractivity contribution is -0.142. The third kappa shape index (κ3) is 8.09. The first-order valence-corrected chi connectivity index (χ1v) is 15.3. The van der Waals surface area contributed by atoms with E-state index in [9.17, 15) is 0 Å². The van der Waals surface area contributed by atoms with Crippen molar-refractivity contribution >= 4 is 32.4 Å². The van der Waals surface area contributed by atoms with Crippen molar-refractivity contribution in [3.8, 4) is 0 Å². The van der Waals surface area contributed by atoms with Gasteiger partial charge in [-0.05, 0) is 50.8 Å². The van der Waals surface area contributed by atoms with Crippen molar-refractivity contribution < 1.29 is 9.47 Å². The number of rotatable bonds is 7. The minimum atomic E-state index is -0.523. The molecule has 0 aliphatic carbocycles. The molecule has 1 heterocycles. The molecule has 0 N–H and O–H groups in total. The lowest BCUT2D eigenvalue weighted by Crippen LogP contribution is -2.31. The van der Waals surface area contributed by atoms with E-state index < -0.39 is 13.7 Å². The highest BCUT2D eigenvalue weighted by Gasteiger charge is 2.42. The highest BCUT2D eigenvalue weighted by Crippen LogP contribution is 2.41. The minimum absolute atomic E-state index is 0.104. The van der Waals surface area contributed by atoms with Gasteiger partial charge in [-0.1, -0.05) is 135 Å². The highest BCUT2D eigenvalue weighted by molar-refractivity contribution is 7.73. The first-order valence-electron chi connectivity index (χ1n) is 12.5. The van der Waals surface area contributed by atoms with Crippen LogP contribution >= 0.6 is 16.5 Å². The molecular weight excluding hydrogens is 478 g/mol. The summed E-state index contributed by atoms with van der Waals surface area (Å²) >= 11 is 0. The molecule has 0 saturated carbocycles. The van der Waals surface area contributed by atoms with E-state index in [4.69, 9.17) is 9.47 Å². The summed E-state index contributed by atoms with van der Waals surface area (Å²) in [5, 5.41) is 4.17. The third-order valence-electron chi connectivity index (χ3n) is 6.00. The molecule has 4 heteroatoms. The summed E-state index contributed by atoms with van der Waals surface area (Å²) in [4.78, 5) is 0. The molecule has 1 unspecified atom stereocenters.